The van der Waals surface area contributed by atoms with Crippen molar-refractivity contribution in [1.29, 1.82) is 0 Å². The highest BCUT2D eigenvalue weighted by Crippen LogP contribution is 2.45. The number of carboxylic acids is 1. The minimum absolute atomic E-state index is 0.0218. The smallest absolute Gasteiger partial charge is 0.318 e. The number of benzene rings is 1. The first kappa shape index (κ1) is 11.3. The van der Waals surface area contributed by atoms with Gasteiger partial charge in [-0.25, -0.2) is 0 Å². The highest BCUT2D eigenvalue weighted by molar-refractivity contribution is 7.87. The minimum Gasteiger partial charge on any atom is -0.480 e. The SMILES string of the molecule is CC(C(=O)O)S(=O)C1CC1c1ccccc1. The summed E-state index contributed by atoms with van der Waals surface area (Å²) in [6.45, 7) is 1.51. The van der Waals surface area contributed by atoms with Gasteiger partial charge in [-0.3, -0.25) is 9.00 Å². The second kappa shape index (κ2) is 4.37. The van der Waals surface area contributed by atoms with Gasteiger partial charge >= 0.3 is 5.97 Å². The van der Waals surface area contributed by atoms with E-state index in [1.807, 2.05) is 30.3 Å². The molecule has 86 valence electrons. The molecule has 1 N–H and O–H groups in total. The predicted octanol–water partition coefficient (Wildman–Crippen LogP) is 1.76. The van der Waals surface area contributed by atoms with E-state index in [9.17, 15) is 9.00 Å². The fourth-order valence-electron chi connectivity index (χ4n) is 1.84. The van der Waals surface area contributed by atoms with Gasteiger partial charge in [0.15, 0.2) is 0 Å². The van der Waals surface area contributed by atoms with Crippen LogP contribution in [0.2, 0.25) is 0 Å². The van der Waals surface area contributed by atoms with Crippen molar-refractivity contribution in [2.24, 2.45) is 0 Å². The first-order valence-corrected chi connectivity index (χ1v) is 6.56. The summed E-state index contributed by atoms with van der Waals surface area (Å²) in [5.41, 5.74) is 1.17. The summed E-state index contributed by atoms with van der Waals surface area (Å²) in [5.74, 6) is -0.694. The monoisotopic (exact) mass is 238 g/mol. The van der Waals surface area contributed by atoms with Crippen molar-refractivity contribution >= 4 is 16.8 Å². The van der Waals surface area contributed by atoms with Crippen molar-refractivity contribution in [3.63, 3.8) is 0 Å². The summed E-state index contributed by atoms with van der Waals surface area (Å²) in [7, 11) is -1.27. The van der Waals surface area contributed by atoms with Gasteiger partial charge in [-0.05, 0) is 24.8 Å². The Labute approximate surface area is 96.9 Å². The third-order valence-corrected chi connectivity index (χ3v) is 4.97. The zero-order chi connectivity index (χ0) is 11.7. The molecular weight excluding hydrogens is 224 g/mol. The molecule has 0 radical (unpaired) electrons. The summed E-state index contributed by atoms with van der Waals surface area (Å²) < 4.78 is 11.9. The van der Waals surface area contributed by atoms with Crippen molar-refractivity contribution < 1.29 is 14.1 Å². The lowest BCUT2D eigenvalue weighted by Crippen LogP contribution is -2.24. The Kier molecular flexibility index (Phi) is 3.10. The molecule has 1 fully saturated rings. The van der Waals surface area contributed by atoms with Crippen LogP contribution in [0.4, 0.5) is 0 Å². The van der Waals surface area contributed by atoms with Crippen molar-refractivity contribution in [1.82, 2.24) is 0 Å². The molecule has 1 aromatic carbocycles. The highest BCUT2D eigenvalue weighted by Gasteiger charge is 2.45. The van der Waals surface area contributed by atoms with E-state index in [0.717, 1.165) is 6.42 Å². The van der Waals surface area contributed by atoms with Gasteiger partial charge in [0, 0.05) is 16.0 Å². The lowest BCUT2D eigenvalue weighted by atomic mass is 10.1. The first-order chi connectivity index (χ1) is 7.61. The molecule has 0 saturated heterocycles. The molecular formula is C12H14O3S. The lowest BCUT2D eigenvalue weighted by Gasteiger charge is -2.05. The average Bonchev–Trinajstić information content (AvgIpc) is 3.08. The Hall–Kier alpha value is -1.16. The molecule has 1 aliphatic rings. The standard InChI is InChI=1S/C12H14O3S/c1-8(12(13)14)16(15)11-7-10(11)9-5-3-2-4-6-9/h2-6,8,10-11H,7H2,1H3,(H,13,14). The Balaban J connectivity index is 2.02. The predicted molar refractivity (Wildman–Crippen MR) is 62.8 cm³/mol. The second-order valence-corrected chi connectivity index (χ2v) is 6.07. The fourth-order valence-corrected chi connectivity index (χ4v) is 3.44. The van der Waals surface area contributed by atoms with E-state index in [-0.39, 0.29) is 11.2 Å². The maximum atomic E-state index is 11.9. The van der Waals surface area contributed by atoms with Crippen LogP contribution < -0.4 is 0 Å². The van der Waals surface area contributed by atoms with Crippen molar-refractivity contribution in [3.05, 3.63) is 35.9 Å². The van der Waals surface area contributed by atoms with Crippen molar-refractivity contribution in [2.75, 3.05) is 0 Å². The summed E-state index contributed by atoms with van der Waals surface area (Å²) in [6, 6.07) is 9.86. The summed E-state index contributed by atoms with van der Waals surface area (Å²) in [6.07, 6.45) is 0.842. The van der Waals surface area contributed by atoms with E-state index in [1.54, 1.807) is 0 Å². The van der Waals surface area contributed by atoms with Gasteiger partial charge in [0.1, 0.15) is 5.25 Å². The molecule has 0 spiro atoms. The fraction of sp³-hybridized carbons (Fsp3) is 0.417. The summed E-state index contributed by atoms with van der Waals surface area (Å²) >= 11 is 0. The molecule has 1 aromatic rings. The number of rotatable bonds is 4. The molecule has 1 saturated carbocycles. The molecule has 0 heterocycles. The zero-order valence-corrected chi connectivity index (χ0v) is 9.81. The van der Waals surface area contributed by atoms with Crippen LogP contribution >= 0.6 is 0 Å². The van der Waals surface area contributed by atoms with Gasteiger partial charge in [0.2, 0.25) is 0 Å². The second-order valence-electron chi connectivity index (χ2n) is 4.10. The van der Waals surface area contributed by atoms with Gasteiger partial charge in [-0.2, -0.15) is 0 Å². The van der Waals surface area contributed by atoms with E-state index in [4.69, 9.17) is 5.11 Å². The zero-order valence-electron chi connectivity index (χ0n) is 9.00. The maximum Gasteiger partial charge on any atom is 0.318 e. The van der Waals surface area contributed by atoms with Crippen molar-refractivity contribution in [3.8, 4) is 0 Å². The highest BCUT2D eigenvalue weighted by atomic mass is 32.2. The molecule has 16 heavy (non-hydrogen) atoms. The summed E-state index contributed by atoms with van der Waals surface area (Å²) in [4.78, 5) is 10.7. The molecule has 0 bridgehead atoms. The van der Waals surface area contributed by atoms with E-state index in [2.05, 4.69) is 0 Å². The van der Waals surface area contributed by atoms with Crippen LogP contribution in [0.1, 0.15) is 24.8 Å². The van der Waals surface area contributed by atoms with Crippen molar-refractivity contribution in [2.45, 2.75) is 29.8 Å². The first-order valence-electron chi connectivity index (χ1n) is 5.28. The van der Waals surface area contributed by atoms with Crippen LogP contribution in [0, 0.1) is 0 Å². The molecule has 0 aromatic heterocycles. The molecule has 1 aliphatic carbocycles. The van der Waals surface area contributed by atoms with Gasteiger partial charge < -0.3 is 5.11 Å². The van der Waals surface area contributed by atoms with Crippen LogP contribution in [0.15, 0.2) is 30.3 Å². The maximum absolute atomic E-state index is 11.9. The number of hydrogen-bond donors (Lipinski definition) is 1. The van der Waals surface area contributed by atoms with Crippen LogP contribution in [-0.2, 0) is 15.6 Å². The Morgan fingerprint density at radius 1 is 1.44 bits per heavy atom. The van der Waals surface area contributed by atoms with E-state index >= 15 is 0 Å². The van der Waals surface area contributed by atoms with Crippen LogP contribution in [0.5, 0.6) is 0 Å². The number of carbonyl (C=O) groups is 1. The minimum atomic E-state index is -1.27. The lowest BCUT2D eigenvalue weighted by molar-refractivity contribution is -0.136. The largest absolute Gasteiger partial charge is 0.480 e. The molecule has 2 rings (SSSR count). The van der Waals surface area contributed by atoms with E-state index in [0.29, 0.717) is 0 Å². The van der Waals surface area contributed by atoms with Gasteiger partial charge in [-0.1, -0.05) is 30.3 Å². The number of aliphatic carboxylic acids is 1. The van der Waals surface area contributed by atoms with Crippen LogP contribution in [0.3, 0.4) is 0 Å². The molecule has 3 nitrogen and oxygen atoms in total. The van der Waals surface area contributed by atoms with Gasteiger partial charge in [0.25, 0.3) is 0 Å². The third-order valence-electron chi connectivity index (χ3n) is 2.95. The van der Waals surface area contributed by atoms with E-state index in [1.165, 1.54) is 12.5 Å². The van der Waals surface area contributed by atoms with Crippen LogP contribution in [0.25, 0.3) is 0 Å². The van der Waals surface area contributed by atoms with E-state index < -0.39 is 22.0 Å². The topological polar surface area (TPSA) is 54.4 Å². The number of carboxylic acid groups (broad SMARTS) is 1. The van der Waals surface area contributed by atoms with Gasteiger partial charge in [0.05, 0.1) is 0 Å². The summed E-state index contributed by atoms with van der Waals surface area (Å²) in [5, 5.41) is 8.05. The molecule has 4 unspecified atom stereocenters. The molecule has 0 aliphatic heterocycles. The normalized spacial score (nSPS) is 27.1. The quantitative estimate of drug-likeness (QED) is 0.869. The molecule has 4 heteroatoms. The molecule has 0 amide bonds. The van der Waals surface area contributed by atoms with Gasteiger partial charge in [-0.15, -0.1) is 0 Å². The Morgan fingerprint density at radius 3 is 2.62 bits per heavy atom. The Bertz CT molecular complexity index is 416. The van der Waals surface area contributed by atoms with Crippen LogP contribution in [-0.4, -0.2) is 25.8 Å². The third kappa shape index (κ3) is 2.16. The average molecular weight is 238 g/mol. The number of hydrogen-bond acceptors (Lipinski definition) is 2. The molecule has 4 atom stereocenters. The Morgan fingerprint density at radius 2 is 2.06 bits per heavy atom.